The maximum Gasteiger partial charge on any atom is 0.0941 e. The zero-order valence-electron chi connectivity index (χ0n) is 13.2. The van der Waals surface area contributed by atoms with E-state index < -0.39 is 0 Å². The minimum Gasteiger partial charge on any atom is -0.366 e. The van der Waals surface area contributed by atoms with Crippen molar-refractivity contribution in [2.24, 2.45) is 0 Å². The van der Waals surface area contributed by atoms with Crippen LogP contribution in [0, 0.1) is 0 Å². The summed E-state index contributed by atoms with van der Waals surface area (Å²) in [6.07, 6.45) is 20.2. The Hall–Kier alpha value is -1.38. The molecule has 0 aliphatic heterocycles. The van der Waals surface area contributed by atoms with E-state index in [1.807, 2.05) is 88.5 Å². The van der Waals surface area contributed by atoms with Gasteiger partial charge in [0.2, 0.25) is 0 Å². The average molecular weight is 276 g/mol. The molecular weight excluding hydrogens is 248 g/mol. The molecule has 2 nitrogen and oxygen atoms in total. The summed E-state index contributed by atoms with van der Waals surface area (Å²) in [6.45, 7) is 9.14. The van der Waals surface area contributed by atoms with Crippen molar-refractivity contribution in [2.75, 3.05) is 13.2 Å². The fourth-order valence-corrected chi connectivity index (χ4v) is 1.58. The summed E-state index contributed by atoms with van der Waals surface area (Å²) in [4.78, 5) is 0. The molecule has 0 spiro atoms. The van der Waals surface area contributed by atoms with Crippen molar-refractivity contribution >= 4 is 0 Å². The van der Waals surface area contributed by atoms with E-state index in [9.17, 15) is 0 Å². The van der Waals surface area contributed by atoms with Crippen molar-refractivity contribution in [3.8, 4) is 0 Å². The van der Waals surface area contributed by atoms with E-state index in [4.69, 9.17) is 9.47 Å². The molecule has 0 heterocycles. The molecule has 0 bridgehead atoms. The Kier molecular flexibility index (Phi) is 13.1. The number of hydrogen-bond acceptors (Lipinski definition) is 2. The first-order valence-electron chi connectivity index (χ1n) is 7.17. The molecule has 2 atom stereocenters. The van der Waals surface area contributed by atoms with Gasteiger partial charge in [-0.2, -0.15) is 0 Å². The van der Waals surface area contributed by atoms with Crippen molar-refractivity contribution in [2.45, 2.75) is 39.9 Å². The first-order chi connectivity index (χ1) is 9.78. The lowest BCUT2D eigenvalue weighted by molar-refractivity contribution is 0.134. The monoisotopic (exact) mass is 276 g/mol. The highest BCUT2D eigenvalue weighted by molar-refractivity contribution is 5.02. The van der Waals surface area contributed by atoms with Crippen LogP contribution in [-0.2, 0) is 9.47 Å². The first kappa shape index (κ1) is 18.6. The van der Waals surface area contributed by atoms with Crippen LogP contribution in [0.4, 0.5) is 0 Å². The molecule has 0 aromatic carbocycles. The van der Waals surface area contributed by atoms with Crippen molar-refractivity contribution in [3.05, 3.63) is 60.8 Å². The average Bonchev–Trinajstić information content (AvgIpc) is 2.43. The summed E-state index contributed by atoms with van der Waals surface area (Å²) in [5.41, 5.74) is 0. The van der Waals surface area contributed by atoms with Crippen LogP contribution in [0.5, 0.6) is 0 Å². The largest absolute Gasteiger partial charge is 0.366 e. The van der Waals surface area contributed by atoms with Crippen LogP contribution in [0.3, 0.4) is 0 Å². The number of rotatable bonds is 10. The molecule has 0 aliphatic rings. The van der Waals surface area contributed by atoms with Crippen molar-refractivity contribution in [3.63, 3.8) is 0 Å². The van der Waals surface area contributed by atoms with Crippen LogP contribution in [0.2, 0.25) is 0 Å². The van der Waals surface area contributed by atoms with Gasteiger partial charge in [0.15, 0.2) is 0 Å². The fraction of sp³-hybridized carbons (Fsp3) is 0.444. The minimum atomic E-state index is 0.0503. The molecule has 0 aliphatic carbocycles. The van der Waals surface area contributed by atoms with Gasteiger partial charge in [-0.1, -0.05) is 60.8 Å². The van der Waals surface area contributed by atoms with Gasteiger partial charge in [-0.3, -0.25) is 0 Å². The predicted octanol–water partition coefficient (Wildman–Crippen LogP) is 4.62. The molecule has 0 rings (SSSR count). The Morgan fingerprint density at radius 2 is 0.900 bits per heavy atom. The van der Waals surface area contributed by atoms with Crippen molar-refractivity contribution < 1.29 is 9.47 Å². The third-order valence-corrected chi connectivity index (χ3v) is 2.46. The molecule has 0 fully saturated rings. The van der Waals surface area contributed by atoms with E-state index in [1.165, 1.54) is 0 Å². The Morgan fingerprint density at radius 3 is 1.15 bits per heavy atom. The van der Waals surface area contributed by atoms with E-state index in [0.29, 0.717) is 13.2 Å². The highest BCUT2D eigenvalue weighted by Gasteiger charge is 1.97. The molecule has 0 saturated carbocycles. The maximum absolute atomic E-state index is 5.68. The second-order valence-corrected chi connectivity index (χ2v) is 4.17. The highest BCUT2D eigenvalue weighted by Crippen LogP contribution is 1.99. The van der Waals surface area contributed by atoms with Crippen molar-refractivity contribution in [1.29, 1.82) is 0 Å². The standard InChI is InChI=1S/C18H28O2/c1-5-11-17(12-6-2)19-15-9-10-16-20-18(13-7-3)14-8-4/h5-14,17-18H,15-16H2,1-4H3/b10-9+,11-5-,12-6+,13-7-,14-8+. The molecule has 2 unspecified atom stereocenters. The molecule has 0 amide bonds. The quantitative estimate of drug-likeness (QED) is 0.542. The molecule has 0 aromatic heterocycles. The van der Waals surface area contributed by atoms with Gasteiger partial charge in [0.05, 0.1) is 25.4 Å². The summed E-state index contributed by atoms with van der Waals surface area (Å²) < 4.78 is 11.4. The van der Waals surface area contributed by atoms with Gasteiger partial charge < -0.3 is 9.47 Å². The molecule has 112 valence electrons. The van der Waals surface area contributed by atoms with E-state index in [0.717, 1.165) is 0 Å². The molecule has 0 N–H and O–H groups in total. The molecular formula is C18H28O2. The van der Waals surface area contributed by atoms with E-state index in [-0.39, 0.29) is 12.2 Å². The van der Waals surface area contributed by atoms with Gasteiger partial charge >= 0.3 is 0 Å². The van der Waals surface area contributed by atoms with E-state index in [1.54, 1.807) is 0 Å². The fourth-order valence-electron chi connectivity index (χ4n) is 1.58. The lowest BCUT2D eigenvalue weighted by Crippen LogP contribution is -2.07. The predicted molar refractivity (Wildman–Crippen MR) is 87.9 cm³/mol. The molecule has 2 heteroatoms. The Labute approximate surface area is 124 Å². The maximum atomic E-state index is 5.68. The summed E-state index contributed by atoms with van der Waals surface area (Å²) >= 11 is 0. The van der Waals surface area contributed by atoms with Crippen LogP contribution in [-0.4, -0.2) is 25.4 Å². The van der Waals surface area contributed by atoms with Gasteiger partial charge in [-0.25, -0.2) is 0 Å². The zero-order chi connectivity index (χ0) is 15.1. The van der Waals surface area contributed by atoms with E-state index in [2.05, 4.69) is 0 Å². The SMILES string of the molecule is C/C=C\C(/C=C/C)OC/C=C/COC(/C=C\C)/C=C/C. The van der Waals surface area contributed by atoms with Crippen LogP contribution >= 0.6 is 0 Å². The Morgan fingerprint density at radius 1 is 0.600 bits per heavy atom. The van der Waals surface area contributed by atoms with Gasteiger partial charge in [-0.15, -0.1) is 0 Å². The second kappa shape index (κ2) is 14.0. The lowest BCUT2D eigenvalue weighted by atomic mass is 10.3. The van der Waals surface area contributed by atoms with Crippen LogP contribution in [0.25, 0.3) is 0 Å². The second-order valence-electron chi connectivity index (χ2n) is 4.17. The third-order valence-electron chi connectivity index (χ3n) is 2.46. The topological polar surface area (TPSA) is 18.5 Å². The Balaban J connectivity index is 3.96. The minimum absolute atomic E-state index is 0.0503. The van der Waals surface area contributed by atoms with Gasteiger partial charge in [0.1, 0.15) is 0 Å². The number of ether oxygens (including phenoxy) is 2. The van der Waals surface area contributed by atoms with Crippen LogP contribution in [0.1, 0.15) is 27.7 Å². The van der Waals surface area contributed by atoms with Crippen LogP contribution < -0.4 is 0 Å². The third kappa shape index (κ3) is 10.5. The smallest absolute Gasteiger partial charge is 0.0941 e. The molecule has 20 heavy (non-hydrogen) atoms. The summed E-state index contributed by atoms with van der Waals surface area (Å²) in [7, 11) is 0. The lowest BCUT2D eigenvalue weighted by Gasteiger charge is -2.08. The summed E-state index contributed by atoms with van der Waals surface area (Å²) in [6, 6.07) is 0. The van der Waals surface area contributed by atoms with Gasteiger partial charge in [0, 0.05) is 0 Å². The Bertz CT molecular complexity index is 290. The molecule has 0 saturated heterocycles. The molecule has 0 aromatic rings. The first-order valence-corrected chi connectivity index (χ1v) is 7.17. The van der Waals surface area contributed by atoms with Crippen LogP contribution in [0.15, 0.2) is 60.8 Å². The number of hydrogen-bond donors (Lipinski definition) is 0. The zero-order valence-corrected chi connectivity index (χ0v) is 13.2. The highest BCUT2D eigenvalue weighted by atomic mass is 16.5. The van der Waals surface area contributed by atoms with Crippen molar-refractivity contribution in [1.82, 2.24) is 0 Å². The van der Waals surface area contributed by atoms with Gasteiger partial charge in [0.25, 0.3) is 0 Å². The molecule has 0 radical (unpaired) electrons. The summed E-state index contributed by atoms with van der Waals surface area (Å²) in [5.74, 6) is 0. The number of allylic oxidation sites excluding steroid dienone is 4. The van der Waals surface area contributed by atoms with E-state index >= 15 is 0 Å². The van der Waals surface area contributed by atoms with Gasteiger partial charge in [-0.05, 0) is 27.7 Å². The normalized spacial score (nSPS) is 16.4. The summed E-state index contributed by atoms with van der Waals surface area (Å²) in [5, 5.41) is 0.